The van der Waals surface area contributed by atoms with Crippen LogP contribution in [0.3, 0.4) is 0 Å². The predicted molar refractivity (Wildman–Crippen MR) is 67.6 cm³/mol. The van der Waals surface area contributed by atoms with Crippen molar-refractivity contribution in [1.82, 2.24) is 0 Å². The topological polar surface area (TPSA) is 60.2 Å². The Kier molecular flexibility index (Phi) is 4.49. The average Bonchev–Trinajstić information content (AvgIpc) is 2.26. The Bertz CT molecular complexity index is 434. The minimum Gasteiger partial charge on any atom is -0.293 e. The Morgan fingerprint density at radius 2 is 2.19 bits per heavy atom. The number of halogens is 1. The van der Waals surface area contributed by atoms with Gasteiger partial charge in [0, 0.05) is 11.0 Å². The summed E-state index contributed by atoms with van der Waals surface area (Å²) >= 11 is 4.47. The van der Waals surface area contributed by atoms with Crippen molar-refractivity contribution < 1.29 is 9.72 Å². The van der Waals surface area contributed by atoms with Gasteiger partial charge < -0.3 is 0 Å². The van der Waals surface area contributed by atoms with Gasteiger partial charge in [-0.3, -0.25) is 14.9 Å². The first kappa shape index (κ1) is 13.2. The lowest BCUT2D eigenvalue weighted by molar-refractivity contribution is -0.385. The summed E-state index contributed by atoms with van der Waals surface area (Å²) < 4.78 is 0. The number of alkyl halides is 1. The normalized spacial score (nSPS) is 12.2. The number of hydrogen-bond acceptors (Lipinski definition) is 4. The molecular weight excluding hydrogens is 294 g/mol. The minimum atomic E-state index is -0.525. The Labute approximate surface area is 106 Å². The zero-order valence-electron chi connectivity index (χ0n) is 8.77. The summed E-state index contributed by atoms with van der Waals surface area (Å²) in [6.07, 6.45) is 1.79. The van der Waals surface area contributed by atoms with E-state index in [1.165, 1.54) is 17.8 Å². The number of nitrogens with zero attached hydrogens (tertiary/aromatic N) is 1. The van der Waals surface area contributed by atoms with E-state index in [1.807, 2.05) is 0 Å². The number of Topliss-reactive ketones (excluding diaryl/α,β-unsaturated/α-hetero) is 1. The molecule has 1 atom stereocenters. The van der Waals surface area contributed by atoms with Crippen molar-refractivity contribution in [3.63, 3.8) is 0 Å². The van der Waals surface area contributed by atoms with E-state index in [2.05, 4.69) is 15.9 Å². The van der Waals surface area contributed by atoms with E-state index < -0.39 is 9.75 Å². The number of thioether (sulfide) groups is 1. The van der Waals surface area contributed by atoms with Crippen molar-refractivity contribution in [2.45, 2.75) is 16.6 Å². The van der Waals surface area contributed by atoms with Crippen LogP contribution in [0.5, 0.6) is 0 Å². The first-order valence-electron chi connectivity index (χ1n) is 4.48. The fourth-order valence-electron chi connectivity index (χ4n) is 1.29. The maximum Gasteiger partial charge on any atom is 0.281 e. The number of carbonyl (C=O) groups excluding carboxylic acids is 1. The third kappa shape index (κ3) is 2.62. The van der Waals surface area contributed by atoms with E-state index in [-0.39, 0.29) is 17.0 Å². The number of nitro benzene ring substituents is 1. The Morgan fingerprint density at radius 1 is 1.56 bits per heavy atom. The first-order chi connectivity index (χ1) is 7.49. The van der Waals surface area contributed by atoms with Crippen LogP contribution in [0.15, 0.2) is 23.1 Å². The third-order valence-electron chi connectivity index (χ3n) is 2.03. The summed E-state index contributed by atoms with van der Waals surface area (Å²) in [5.74, 6) is -0.267. The number of benzene rings is 1. The molecule has 1 aromatic rings. The molecule has 0 bridgehead atoms. The molecule has 0 radical (unpaired) electrons. The molecule has 0 aliphatic carbocycles. The van der Waals surface area contributed by atoms with Gasteiger partial charge in [-0.2, -0.15) is 0 Å². The van der Waals surface area contributed by atoms with Gasteiger partial charge in [-0.25, -0.2) is 0 Å². The zero-order chi connectivity index (χ0) is 12.3. The molecular formula is C10H10BrNO3S. The van der Waals surface area contributed by atoms with Gasteiger partial charge >= 0.3 is 0 Å². The zero-order valence-corrected chi connectivity index (χ0v) is 11.2. The molecule has 0 spiro atoms. The first-order valence-corrected chi connectivity index (χ1v) is 6.62. The van der Waals surface area contributed by atoms with Gasteiger partial charge in [0.25, 0.3) is 5.69 Å². The largest absolute Gasteiger partial charge is 0.293 e. The van der Waals surface area contributed by atoms with Gasteiger partial charge in [0.2, 0.25) is 0 Å². The van der Waals surface area contributed by atoms with E-state index in [1.54, 1.807) is 25.3 Å². The van der Waals surface area contributed by atoms with Crippen LogP contribution in [0.1, 0.15) is 17.3 Å². The number of carbonyl (C=O) groups is 1. The number of hydrogen-bond donors (Lipinski definition) is 0. The van der Waals surface area contributed by atoms with Crippen molar-refractivity contribution in [1.29, 1.82) is 0 Å². The maximum atomic E-state index is 11.9. The van der Waals surface area contributed by atoms with Crippen molar-refractivity contribution in [2.75, 3.05) is 6.26 Å². The van der Waals surface area contributed by atoms with Crippen molar-refractivity contribution >= 4 is 39.2 Å². The fourth-order valence-corrected chi connectivity index (χ4v) is 2.14. The standard InChI is InChI=1S/C10H10BrNO3S/c1-6(11)10(13)9-7(12(14)15)4-3-5-8(9)16-2/h3-6H,1-2H3. The molecule has 1 aromatic carbocycles. The van der Waals surface area contributed by atoms with Crippen molar-refractivity contribution in [2.24, 2.45) is 0 Å². The summed E-state index contributed by atoms with van der Waals surface area (Å²) in [4.78, 5) is 22.4. The van der Waals surface area contributed by atoms with Crippen molar-refractivity contribution in [3.05, 3.63) is 33.9 Å². The van der Waals surface area contributed by atoms with Crippen LogP contribution in [0.25, 0.3) is 0 Å². The lowest BCUT2D eigenvalue weighted by atomic mass is 10.1. The molecule has 6 heteroatoms. The molecule has 0 saturated heterocycles. The molecule has 0 amide bonds. The van der Waals surface area contributed by atoms with Gasteiger partial charge in [0.15, 0.2) is 5.78 Å². The molecule has 0 fully saturated rings. The monoisotopic (exact) mass is 303 g/mol. The highest BCUT2D eigenvalue weighted by Gasteiger charge is 2.25. The summed E-state index contributed by atoms with van der Waals surface area (Å²) in [6.45, 7) is 1.66. The number of ketones is 1. The molecule has 0 aliphatic rings. The maximum absolute atomic E-state index is 11.9. The van der Waals surface area contributed by atoms with Crippen LogP contribution in [-0.4, -0.2) is 21.8 Å². The molecule has 1 unspecified atom stereocenters. The van der Waals surface area contributed by atoms with E-state index in [9.17, 15) is 14.9 Å². The molecule has 86 valence electrons. The molecule has 0 aromatic heterocycles. The molecule has 0 saturated carbocycles. The lowest BCUT2D eigenvalue weighted by Gasteiger charge is -2.08. The van der Waals surface area contributed by atoms with Gasteiger partial charge in [0.1, 0.15) is 5.56 Å². The fraction of sp³-hybridized carbons (Fsp3) is 0.300. The quantitative estimate of drug-likeness (QED) is 0.281. The second-order valence-corrected chi connectivity index (χ2v) is 5.31. The summed E-state index contributed by atoms with van der Waals surface area (Å²) in [5, 5.41) is 10.8. The highest BCUT2D eigenvalue weighted by molar-refractivity contribution is 9.10. The molecule has 16 heavy (non-hydrogen) atoms. The highest BCUT2D eigenvalue weighted by Crippen LogP contribution is 2.30. The van der Waals surface area contributed by atoms with Crippen LogP contribution in [0, 0.1) is 10.1 Å². The van der Waals surface area contributed by atoms with E-state index in [0.29, 0.717) is 4.90 Å². The van der Waals surface area contributed by atoms with E-state index >= 15 is 0 Å². The Hall–Kier alpha value is -0.880. The number of rotatable bonds is 4. The SMILES string of the molecule is CSc1cccc([N+](=O)[O-])c1C(=O)C(C)Br. The van der Waals surface area contributed by atoms with Crippen LogP contribution < -0.4 is 0 Å². The average molecular weight is 304 g/mol. The number of nitro groups is 1. The summed E-state index contributed by atoms with van der Waals surface area (Å²) in [5.41, 5.74) is 0.0486. The van der Waals surface area contributed by atoms with Crippen LogP contribution in [0.2, 0.25) is 0 Å². The van der Waals surface area contributed by atoms with Crippen molar-refractivity contribution in [3.8, 4) is 0 Å². The third-order valence-corrected chi connectivity index (χ3v) is 3.22. The molecule has 4 nitrogen and oxygen atoms in total. The van der Waals surface area contributed by atoms with Gasteiger partial charge in [-0.15, -0.1) is 11.8 Å². The van der Waals surface area contributed by atoms with Crippen LogP contribution in [-0.2, 0) is 0 Å². The van der Waals surface area contributed by atoms with Gasteiger partial charge in [-0.1, -0.05) is 22.0 Å². The Balaban J connectivity index is 3.42. The summed E-state index contributed by atoms with van der Waals surface area (Å²) in [7, 11) is 0. The second-order valence-electron chi connectivity index (χ2n) is 3.09. The molecule has 0 N–H and O–H groups in total. The molecule has 1 rings (SSSR count). The lowest BCUT2D eigenvalue weighted by Crippen LogP contribution is -2.13. The minimum absolute atomic E-state index is 0.136. The second kappa shape index (κ2) is 5.45. The van der Waals surface area contributed by atoms with E-state index in [0.717, 1.165) is 0 Å². The molecule has 0 aliphatic heterocycles. The van der Waals surface area contributed by atoms with Gasteiger partial charge in [-0.05, 0) is 19.2 Å². The van der Waals surface area contributed by atoms with Crippen LogP contribution >= 0.6 is 27.7 Å². The summed E-state index contributed by atoms with van der Waals surface area (Å²) in [6, 6.07) is 4.64. The predicted octanol–water partition coefficient (Wildman–Crippen LogP) is 3.28. The van der Waals surface area contributed by atoms with E-state index in [4.69, 9.17) is 0 Å². The Morgan fingerprint density at radius 3 is 2.62 bits per heavy atom. The molecule has 0 heterocycles. The van der Waals surface area contributed by atoms with Gasteiger partial charge in [0.05, 0.1) is 9.75 Å². The smallest absolute Gasteiger partial charge is 0.281 e. The highest BCUT2D eigenvalue weighted by atomic mass is 79.9. The van der Waals surface area contributed by atoms with Crippen LogP contribution in [0.4, 0.5) is 5.69 Å².